The highest BCUT2D eigenvalue weighted by atomic mass is 16.2. The summed E-state index contributed by atoms with van der Waals surface area (Å²) in [6, 6.07) is 5.78. The van der Waals surface area contributed by atoms with E-state index in [0.29, 0.717) is 23.9 Å². The van der Waals surface area contributed by atoms with Crippen LogP contribution in [0.25, 0.3) is 0 Å². The number of aldehydes is 1. The number of likely N-dealkylation sites (N-methyl/N-ethyl adjacent to an activating group) is 1. The summed E-state index contributed by atoms with van der Waals surface area (Å²) in [5.74, 6) is 0.965. The molecule has 1 atom stereocenters. The van der Waals surface area contributed by atoms with E-state index >= 15 is 0 Å². The van der Waals surface area contributed by atoms with Gasteiger partial charge in [0.05, 0.1) is 29.5 Å². The van der Waals surface area contributed by atoms with Gasteiger partial charge in [-0.15, -0.1) is 0 Å². The smallest absolute Gasteiger partial charge is 0.323 e. The number of anilines is 3. The van der Waals surface area contributed by atoms with Gasteiger partial charge in [0.2, 0.25) is 0 Å². The van der Waals surface area contributed by atoms with Crippen LogP contribution in [0.1, 0.15) is 45.6 Å². The van der Waals surface area contributed by atoms with Crippen molar-refractivity contribution in [1.29, 1.82) is 0 Å². The zero-order chi connectivity index (χ0) is 24.4. The molecule has 2 rings (SSSR count). The SMILES string of the molecule is CC(C)CN(CC(C)C)c1ccc(C(CC=O)CN(C)C)cc1NC(=O)Nc1cncnc1. The first-order chi connectivity index (χ1) is 15.7. The van der Waals surface area contributed by atoms with E-state index in [-0.39, 0.29) is 11.9 Å². The molecule has 0 spiro atoms. The molecule has 0 saturated carbocycles. The van der Waals surface area contributed by atoms with Crippen LogP contribution in [0.4, 0.5) is 21.9 Å². The quantitative estimate of drug-likeness (QED) is 0.460. The predicted molar refractivity (Wildman–Crippen MR) is 135 cm³/mol. The van der Waals surface area contributed by atoms with E-state index in [2.05, 4.69) is 70.2 Å². The number of nitrogens with one attached hydrogen (secondary N) is 2. The van der Waals surface area contributed by atoms with Crippen molar-refractivity contribution in [2.24, 2.45) is 11.8 Å². The number of carbonyl (C=O) groups is 2. The molecule has 33 heavy (non-hydrogen) atoms. The Morgan fingerprint density at radius 2 is 1.64 bits per heavy atom. The largest absolute Gasteiger partial charge is 0.369 e. The van der Waals surface area contributed by atoms with Gasteiger partial charge < -0.3 is 25.2 Å². The maximum absolute atomic E-state index is 12.8. The normalized spacial score (nSPS) is 12.2. The molecular formula is C25H38N6O2. The third-order valence-electron chi connectivity index (χ3n) is 5.04. The van der Waals surface area contributed by atoms with Gasteiger partial charge in [-0.3, -0.25) is 0 Å². The van der Waals surface area contributed by atoms with Gasteiger partial charge >= 0.3 is 6.03 Å². The molecule has 0 bridgehead atoms. The highest BCUT2D eigenvalue weighted by molar-refractivity contribution is 6.01. The van der Waals surface area contributed by atoms with Crippen molar-refractivity contribution in [2.75, 3.05) is 49.3 Å². The Bertz CT molecular complexity index is 876. The molecule has 0 aliphatic rings. The van der Waals surface area contributed by atoms with Gasteiger partial charge in [0.25, 0.3) is 0 Å². The van der Waals surface area contributed by atoms with Crippen LogP contribution >= 0.6 is 0 Å². The van der Waals surface area contributed by atoms with Crippen LogP contribution < -0.4 is 15.5 Å². The standard InChI is InChI=1S/C25H38N6O2/c1-18(2)14-31(15-19(3)4)24-8-7-20(21(9-10-32)16-30(5)6)11-23(24)29-25(33)28-22-12-26-17-27-13-22/h7-8,10-13,17-19,21H,9,14-16H2,1-6H3,(H2,28,29,33). The van der Waals surface area contributed by atoms with Gasteiger partial charge in [-0.1, -0.05) is 33.8 Å². The molecule has 0 aliphatic carbocycles. The minimum absolute atomic E-state index is 0.0429. The van der Waals surface area contributed by atoms with Crippen molar-refractivity contribution in [3.8, 4) is 0 Å². The first-order valence-corrected chi connectivity index (χ1v) is 11.5. The second kappa shape index (κ2) is 12.9. The number of urea groups is 1. The molecule has 0 aliphatic heterocycles. The molecule has 0 fully saturated rings. The Hall–Kier alpha value is -3.00. The van der Waals surface area contributed by atoms with E-state index in [1.807, 2.05) is 20.2 Å². The summed E-state index contributed by atoms with van der Waals surface area (Å²) in [5.41, 5.74) is 3.22. The first kappa shape index (κ1) is 26.3. The number of hydrogen-bond donors (Lipinski definition) is 2. The summed E-state index contributed by atoms with van der Waals surface area (Å²) in [7, 11) is 3.99. The third kappa shape index (κ3) is 8.81. The van der Waals surface area contributed by atoms with E-state index in [1.165, 1.54) is 6.33 Å². The summed E-state index contributed by atoms with van der Waals surface area (Å²) in [5, 5.41) is 5.81. The van der Waals surface area contributed by atoms with Crippen molar-refractivity contribution in [3.05, 3.63) is 42.5 Å². The monoisotopic (exact) mass is 454 g/mol. The highest BCUT2D eigenvalue weighted by Crippen LogP contribution is 2.32. The van der Waals surface area contributed by atoms with Crippen molar-refractivity contribution >= 4 is 29.4 Å². The van der Waals surface area contributed by atoms with Crippen LogP contribution in [0, 0.1) is 11.8 Å². The van der Waals surface area contributed by atoms with Gasteiger partial charge in [-0.25, -0.2) is 14.8 Å². The highest BCUT2D eigenvalue weighted by Gasteiger charge is 2.20. The Balaban J connectivity index is 2.43. The first-order valence-electron chi connectivity index (χ1n) is 11.5. The molecular weight excluding hydrogens is 416 g/mol. The fourth-order valence-electron chi connectivity index (χ4n) is 3.86. The summed E-state index contributed by atoms with van der Waals surface area (Å²) in [6.07, 6.45) is 5.89. The number of hydrogen-bond acceptors (Lipinski definition) is 6. The molecule has 2 N–H and O–H groups in total. The lowest BCUT2D eigenvalue weighted by Gasteiger charge is -2.31. The van der Waals surface area contributed by atoms with E-state index in [9.17, 15) is 9.59 Å². The Kier molecular flexibility index (Phi) is 10.3. The molecule has 1 unspecified atom stereocenters. The lowest BCUT2D eigenvalue weighted by Crippen LogP contribution is -2.32. The van der Waals surface area contributed by atoms with Gasteiger partial charge in [-0.05, 0) is 43.6 Å². The number of rotatable bonds is 12. The summed E-state index contributed by atoms with van der Waals surface area (Å²) >= 11 is 0. The number of carbonyl (C=O) groups excluding carboxylic acids is 2. The number of aromatic nitrogens is 2. The summed E-state index contributed by atoms with van der Waals surface area (Å²) in [4.78, 5) is 36.4. The Morgan fingerprint density at radius 1 is 1.00 bits per heavy atom. The fourth-order valence-corrected chi connectivity index (χ4v) is 3.86. The van der Waals surface area contributed by atoms with Crippen molar-refractivity contribution < 1.29 is 9.59 Å². The van der Waals surface area contributed by atoms with Gasteiger partial charge in [0.15, 0.2) is 0 Å². The molecule has 180 valence electrons. The number of benzene rings is 1. The van der Waals surface area contributed by atoms with Crippen LogP contribution in [-0.2, 0) is 4.79 Å². The molecule has 1 aromatic heterocycles. The number of nitrogens with zero attached hydrogens (tertiary/aromatic N) is 4. The molecule has 8 heteroatoms. The summed E-state index contributed by atoms with van der Waals surface area (Å²) in [6.45, 7) is 11.2. The average Bonchev–Trinajstić information content (AvgIpc) is 2.72. The van der Waals surface area contributed by atoms with Gasteiger partial charge in [0.1, 0.15) is 12.6 Å². The molecule has 0 radical (unpaired) electrons. The van der Waals surface area contributed by atoms with E-state index in [0.717, 1.165) is 42.9 Å². The van der Waals surface area contributed by atoms with Gasteiger partial charge in [0, 0.05) is 32.0 Å². The lowest BCUT2D eigenvalue weighted by molar-refractivity contribution is -0.108. The van der Waals surface area contributed by atoms with Crippen LogP contribution in [0.5, 0.6) is 0 Å². The maximum atomic E-state index is 12.8. The van der Waals surface area contributed by atoms with Crippen molar-refractivity contribution in [2.45, 2.75) is 40.0 Å². The van der Waals surface area contributed by atoms with E-state index < -0.39 is 0 Å². The lowest BCUT2D eigenvalue weighted by atomic mass is 9.94. The summed E-state index contributed by atoms with van der Waals surface area (Å²) < 4.78 is 0. The number of amides is 2. The minimum atomic E-state index is -0.364. The molecule has 2 amide bonds. The second-order valence-corrected chi connectivity index (χ2v) is 9.54. The molecule has 1 aromatic carbocycles. The van der Waals surface area contributed by atoms with E-state index in [1.54, 1.807) is 12.4 Å². The maximum Gasteiger partial charge on any atom is 0.323 e. The van der Waals surface area contributed by atoms with Crippen LogP contribution in [-0.4, -0.2) is 60.9 Å². The topological polar surface area (TPSA) is 90.5 Å². The molecule has 1 heterocycles. The van der Waals surface area contributed by atoms with E-state index in [4.69, 9.17) is 0 Å². The molecule has 0 saturated heterocycles. The van der Waals surface area contributed by atoms with Crippen molar-refractivity contribution in [1.82, 2.24) is 14.9 Å². The van der Waals surface area contributed by atoms with Crippen LogP contribution in [0.3, 0.4) is 0 Å². The molecule has 2 aromatic rings. The molecule has 8 nitrogen and oxygen atoms in total. The third-order valence-corrected chi connectivity index (χ3v) is 5.04. The predicted octanol–water partition coefficient (Wildman–Crippen LogP) is 4.47. The second-order valence-electron chi connectivity index (χ2n) is 9.54. The van der Waals surface area contributed by atoms with Crippen LogP contribution in [0.15, 0.2) is 36.9 Å². The van der Waals surface area contributed by atoms with Crippen LogP contribution in [0.2, 0.25) is 0 Å². The zero-order valence-corrected chi connectivity index (χ0v) is 20.7. The average molecular weight is 455 g/mol. The zero-order valence-electron chi connectivity index (χ0n) is 20.7. The fraction of sp³-hybridized carbons (Fsp3) is 0.520. The Labute approximate surface area is 197 Å². The van der Waals surface area contributed by atoms with Crippen molar-refractivity contribution in [3.63, 3.8) is 0 Å². The minimum Gasteiger partial charge on any atom is -0.369 e. The van der Waals surface area contributed by atoms with Gasteiger partial charge in [-0.2, -0.15) is 0 Å². The Morgan fingerprint density at radius 3 is 2.18 bits per heavy atom.